The largest absolute Gasteiger partial charge is 0.446 e. The number of fused-ring (bicyclic) bond motifs is 5. The SMILES string of the molecule is CC(C)CCCCCCNC(=O)O[C@H]1CC[C@@]2(C)C(=CC[C@H]3[C@@H]4CC[C@H]([C@H](C)CCCC(C)C)[C@@]4(C)CC[C@@H]32)C1. The molecule has 1 N–H and O–H groups in total. The van der Waals surface area contributed by atoms with E-state index in [0.717, 1.165) is 67.2 Å². The Hall–Kier alpha value is -0.990. The molecule has 3 saturated carbocycles. The smallest absolute Gasteiger partial charge is 0.407 e. The molecule has 40 heavy (non-hydrogen) atoms. The summed E-state index contributed by atoms with van der Waals surface area (Å²) in [6.07, 6.45) is 23.0. The van der Waals surface area contributed by atoms with Crippen LogP contribution in [0, 0.1) is 52.3 Å². The van der Waals surface area contributed by atoms with Crippen LogP contribution in [0.1, 0.15) is 151 Å². The third-order valence-corrected chi connectivity index (χ3v) is 12.5. The lowest BCUT2D eigenvalue weighted by Gasteiger charge is -2.58. The van der Waals surface area contributed by atoms with Gasteiger partial charge in [-0.15, -0.1) is 0 Å². The number of rotatable bonds is 13. The molecule has 3 heteroatoms. The number of alkyl carbamates (subject to hydrolysis) is 1. The average molecular weight is 556 g/mol. The van der Waals surface area contributed by atoms with E-state index in [1.807, 2.05) is 0 Å². The average Bonchev–Trinajstić information content (AvgIpc) is 3.25. The molecule has 0 bridgehead atoms. The monoisotopic (exact) mass is 556 g/mol. The van der Waals surface area contributed by atoms with Crippen LogP contribution in [0.15, 0.2) is 11.6 Å². The second kappa shape index (κ2) is 14.0. The van der Waals surface area contributed by atoms with E-state index in [2.05, 4.69) is 59.9 Å². The van der Waals surface area contributed by atoms with E-state index in [0.29, 0.717) is 10.8 Å². The quantitative estimate of drug-likeness (QED) is 0.181. The van der Waals surface area contributed by atoms with Gasteiger partial charge in [-0.25, -0.2) is 4.79 Å². The molecule has 0 heterocycles. The standard InChI is InChI=1S/C37H65NO2/c1-26(2)13-10-8-9-11-24-38-35(39)40-30-20-22-36(6)29(25-30)16-17-31-33-19-18-32(28(5)15-12-14-27(3)4)37(33,7)23-21-34(31)36/h16,26-28,30-34H,8-15,17-25H2,1-7H3,(H,38,39)/t28-,30+,31+,32-,33+,34+,36+,37-/m1/s1. The van der Waals surface area contributed by atoms with E-state index in [1.165, 1.54) is 83.5 Å². The first kappa shape index (κ1) is 31.9. The van der Waals surface area contributed by atoms with Gasteiger partial charge < -0.3 is 10.1 Å². The minimum absolute atomic E-state index is 0.0540. The summed E-state index contributed by atoms with van der Waals surface area (Å²) in [7, 11) is 0. The van der Waals surface area contributed by atoms with Crippen molar-refractivity contribution in [1.29, 1.82) is 0 Å². The first-order valence-electron chi connectivity index (χ1n) is 17.7. The fourth-order valence-corrected chi connectivity index (χ4v) is 10.2. The molecule has 0 unspecified atom stereocenters. The predicted molar refractivity (Wildman–Crippen MR) is 169 cm³/mol. The number of carbonyl (C=O) groups is 1. The fourth-order valence-electron chi connectivity index (χ4n) is 10.2. The van der Waals surface area contributed by atoms with Crippen molar-refractivity contribution < 1.29 is 9.53 Å². The third kappa shape index (κ3) is 7.31. The van der Waals surface area contributed by atoms with Gasteiger partial charge in [-0.3, -0.25) is 0 Å². The minimum Gasteiger partial charge on any atom is -0.446 e. The number of hydrogen-bond acceptors (Lipinski definition) is 2. The predicted octanol–water partition coefficient (Wildman–Crippen LogP) is 10.7. The van der Waals surface area contributed by atoms with Crippen LogP contribution in [0.3, 0.4) is 0 Å². The highest BCUT2D eigenvalue weighted by Gasteiger charge is 2.59. The summed E-state index contributed by atoms with van der Waals surface area (Å²) in [6, 6.07) is 0. The molecule has 8 atom stereocenters. The lowest BCUT2D eigenvalue weighted by Crippen LogP contribution is -2.51. The van der Waals surface area contributed by atoms with Crippen LogP contribution in [-0.2, 0) is 4.74 Å². The van der Waals surface area contributed by atoms with Gasteiger partial charge in [0.15, 0.2) is 0 Å². The van der Waals surface area contributed by atoms with Crippen LogP contribution in [0.2, 0.25) is 0 Å². The maximum Gasteiger partial charge on any atom is 0.407 e. The summed E-state index contributed by atoms with van der Waals surface area (Å²) >= 11 is 0. The molecule has 0 aromatic carbocycles. The second-order valence-electron chi connectivity index (χ2n) is 16.1. The summed E-state index contributed by atoms with van der Waals surface area (Å²) in [5.74, 6) is 6.02. The van der Waals surface area contributed by atoms with Crippen molar-refractivity contribution in [3.05, 3.63) is 11.6 Å². The molecule has 0 radical (unpaired) electrons. The lowest BCUT2D eigenvalue weighted by atomic mass is 9.47. The van der Waals surface area contributed by atoms with Gasteiger partial charge in [0.25, 0.3) is 0 Å². The molecular formula is C37H65NO2. The van der Waals surface area contributed by atoms with E-state index >= 15 is 0 Å². The summed E-state index contributed by atoms with van der Waals surface area (Å²) in [4.78, 5) is 12.5. The maximum atomic E-state index is 12.5. The van der Waals surface area contributed by atoms with Crippen molar-refractivity contribution in [3.8, 4) is 0 Å². The van der Waals surface area contributed by atoms with E-state index in [9.17, 15) is 4.79 Å². The summed E-state index contributed by atoms with van der Waals surface area (Å²) in [5.41, 5.74) is 2.48. The highest BCUT2D eigenvalue weighted by molar-refractivity contribution is 5.67. The summed E-state index contributed by atoms with van der Waals surface area (Å²) in [5, 5.41) is 3.04. The number of ether oxygens (including phenoxy) is 1. The Labute approximate surface area is 248 Å². The van der Waals surface area contributed by atoms with Crippen LogP contribution in [-0.4, -0.2) is 18.7 Å². The molecule has 0 saturated heterocycles. The maximum absolute atomic E-state index is 12.5. The topological polar surface area (TPSA) is 38.3 Å². The number of allylic oxidation sites excluding steroid dienone is 1. The fraction of sp³-hybridized carbons (Fsp3) is 0.919. The first-order valence-corrected chi connectivity index (χ1v) is 17.7. The van der Waals surface area contributed by atoms with E-state index < -0.39 is 0 Å². The van der Waals surface area contributed by atoms with Crippen LogP contribution in [0.5, 0.6) is 0 Å². The van der Waals surface area contributed by atoms with Crippen molar-refractivity contribution in [1.82, 2.24) is 5.32 Å². The van der Waals surface area contributed by atoms with E-state index in [1.54, 1.807) is 5.57 Å². The van der Waals surface area contributed by atoms with Gasteiger partial charge in [-0.2, -0.15) is 0 Å². The van der Waals surface area contributed by atoms with Crippen LogP contribution < -0.4 is 5.32 Å². The highest BCUT2D eigenvalue weighted by Crippen LogP contribution is 2.67. The number of hydrogen-bond donors (Lipinski definition) is 1. The van der Waals surface area contributed by atoms with Crippen molar-refractivity contribution >= 4 is 6.09 Å². The van der Waals surface area contributed by atoms with E-state index in [-0.39, 0.29) is 12.2 Å². The van der Waals surface area contributed by atoms with Crippen LogP contribution in [0.4, 0.5) is 4.79 Å². The molecule has 0 aliphatic heterocycles. The highest BCUT2D eigenvalue weighted by atomic mass is 16.6. The van der Waals surface area contributed by atoms with Crippen LogP contribution in [0.25, 0.3) is 0 Å². The first-order chi connectivity index (χ1) is 19.0. The molecule has 1 amide bonds. The third-order valence-electron chi connectivity index (χ3n) is 12.5. The Balaban J connectivity index is 1.27. The summed E-state index contributed by atoms with van der Waals surface area (Å²) < 4.78 is 5.96. The van der Waals surface area contributed by atoms with Crippen LogP contribution >= 0.6 is 0 Å². The Morgan fingerprint density at radius 3 is 2.35 bits per heavy atom. The number of carbonyl (C=O) groups excluding carboxylic acids is 1. The van der Waals surface area contributed by atoms with Gasteiger partial charge in [-0.05, 0) is 104 Å². The Bertz CT molecular complexity index is 847. The molecule has 4 aliphatic carbocycles. The number of amides is 1. The van der Waals surface area contributed by atoms with Gasteiger partial charge in [0, 0.05) is 13.0 Å². The molecule has 4 aliphatic rings. The zero-order valence-corrected chi connectivity index (χ0v) is 27.5. The molecular weight excluding hydrogens is 490 g/mol. The number of nitrogens with one attached hydrogen (secondary N) is 1. The van der Waals surface area contributed by atoms with Crippen molar-refractivity contribution in [2.24, 2.45) is 52.3 Å². The van der Waals surface area contributed by atoms with Crippen molar-refractivity contribution in [3.63, 3.8) is 0 Å². The molecule has 0 spiro atoms. The molecule has 230 valence electrons. The Morgan fingerprint density at radius 1 is 0.875 bits per heavy atom. The van der Waals surface area contributed by atoms with Gasteiger partial charge in [0.2, 0.25) is 0 Å². The second-order valence-corrected chi connectivity index (χ2v) is 16.1. The zero-order chi connectivity index (χ0) is 28.9. The number of unbranched alkanes of at least 4 members (excludes halogenated alkanes) is 3. The molecule has 0 aromatic heterocycles. The van der Waals surface area contributed by atoms with E-state index in [4.69, 9.17) is 4.74 Å². The van der Waals surface area contributed by atoms with Gasteiger partial charge in [0.05, 0.1) is 0 Å². The van der Waals surface area contributed by atoms with Crippen molar-refractivity contribution in [2.45, 2.75) is 157 Å². The molecule has 0 aromatic rings. The molecule has 3 fully saturated rings. The Morgan fingerprint density at radius 2 is 1.60 bits per heavy atom. The zero-order valence-electron chi connectivity index (χ0n) is 27.5. The van der Waals surface area contributed by atoms with Gasteiger partial charge in [-0.1, -0.05) is 105 Å². The normalized spacial score (nSPS) is 36.0. The van der Waals surface area contributed by atoms with Crippen molar-refractivity contribution in [2.75, 3.05) is 6.54 Å². The van der Waals surface area contributed by atoms with Gasteiger partial charge >= 0.3 is 6.09 Å². The minimum atomic E-state index is -0.196. The molecule has 4 rings (SSSR count). The molecule has 3 nitrogen and oxygen atoms in total. The summed E-state index contributed by atoms with van der Waals surface area (Å²) in [6.45, 7) is 17.9. The van der Waals surface area contributed by atoms with Gasteiger partial charge in [0.1, 0.15) is 6.10 Å². The lowest BCUT2D eigenvalue weighted by molar-refractivity contribution is -0.0581. The Kier molecular flexibility index (Phi) is 11.2.